The number of hydrogen-bond acceptors (Lipinski definition) is 2. The molecule has 1 N–H and O–H groups in total. The Hall–Kier alpha value is -1.29. The van der Waals surface area contributed by atoms with Gasteiger partial charge in [0.05, 0.1) is 15.6 Å². The molecular formula is C12H9Cl3N2O. The van der Waals surface area contributed by atoms with E-state index in [2.05, 4.69) is 10.3 Å². The van der Waals surface area contributed by atoms with Crippen molar-refractivity contribution in [1.82, 2.24) is 4.98 Å². The molecule has 0 saturated heterocycles. The van der Waals surface area contributed by atoms with Crippen LogP contribution in [0, 0.1) is 0 Å². The fourth-order valence-corrected chi connectivity index (χ4v) is 1.57. The van der Waals surface area contributed by atoms with Gasteiger partial charge in [0.2, 0.25) is 0 Å². The van der Waals surface area contributed by atoms with Gasteiger partial charge in [-0.25, -0.2) is 0 Å². The van der Waals surface area contributed by atoms with Crippen molar-refractivity contribution in [1.29, 1.82) is 0 Å². The lowest BCUT2D eigenvalue weighted by atomic mass is 10.2. The summed E-state index contributed by atoms with van der Waals surface area (Å²) < 4.78 is 0. The molecule has 0 spiro atoms. The number of nitrogens with one attached hydrogen (secondary N) is 1. The molecule has 0 unspecified atom stereocenters. The minimum absolute atomic E-state index is 0. The zero-order chi connectivity index (χ0) is 12.3. The van der Waals surface area contributed by atoms with E-state index in [0.29, 0.717) is 21.3 Å². The summed E-state index contributed by atoms with van der Waals surface area (Å²) >= 11 is 11.6. The third kappa shape index (κ3) is 3.60. The molecule has 0 atom stereocenters. The molecule has 0 aliphatic heterocycles. The van der Waals surface area contributed by atoms with Gasteiger partial charge < -0.3 is 5.32 Å². The van der Waals surface area contributed by atoms with Crippen molar-refractivity contribution in [3.63, 3.8) is 0 Å². The Morgan fingerprint density at radius 1 is 1.17 bits per heavy atom. The van der Waals surface area contributed by atoms with E-state index in [9.17, 15) is 4.79 Å². The van der Waals surface area contributed by atoms with Crippen LogP contribution < -0.4 is 5.32 Å². The number of pyridine rings is 1. The summed E-state index contributed by atoms with van der Waals surface area (Å²) in [5, 5.41) is 3.55. The molecule has 2 rings (SSSR count). The number of halogens is 3. The van der Waals surface area contributed by atoms with E-state index in [-0.39, 0.29) is 18.3 Å². The molecule has 0 aliphatic rings. The van der Waals surface area contributed by atoms with E-state index in [1.165, 1.54) is 6.20 Å². The quantitative estimate of drug-likeness (QED) is 0.909. The molecule has 0 bridgehead atoms. The second kappa shape index (κ2) is 6.59. The SMILES string of the molecule is Cl.O=C(Nc1ccc(Cl)c(Cl)c1)c1cccnc1. The maximum absolute atomic E-state index is 11.8. The average molecular weight is 304 g/mol. The van der Waals surface area contributed by atoms with Gasteiger partial charge in [0.25, 0.3) is 5.91 Å². The van der Waals surface area contributed by atoms with Crippen LogP contribution in [0.25, 0.3) is 0 Å². The monoisotopic (exact) mass is 302 g/mol. The summed E-state index contributed by atoms with van der Waals surface area (Å²) in [6.45, 7) is 0. The zero-order valence-electron chi connectivity index (χ0n) is 9.06. The highest BCUT2D eigenvalue weighted by molar-refractivity contribution is 6.42. The van der Waals surface area contributed by atoms with Crippen molar-refractivity contribution in [2.24, 2.45) is 0 Å². The molecule has 0 fully saturated rings. The van der Waals surface area contributed by atoms with Crippen molar-refractivity contribution in [3.05, 3.63) is 58.3 Å². The van der Waals surface area contributed by atoms with Crippen LogP contribution >= 0.6 is 35.6 Å². The van der Waals surface area contributed by atoms with Crippen LogP contribution in [0.4, 0.5) is 5.69 Å². The van der Waals surface area contributed by atoms with E-state index in [1.54, 1.807) is 36.5 Å². The van der Waals surface area contributed by atoms with Gasteiger partial charge in [0.1, 0.15) is 0 Å². The van der Waals surface area contributed by atoms with Crippen LogP contribution in [0.1, 0.15) is 10.4 Å². The summed E-state index contributed by atoms with van der Waals surface area (Å²) in [4.78, 5) is 15.7. The van der Waals surface area contributed by atoms with Crippen molar-refractivity contribution in [3.8, 4) is 0 Å². The summed E-state index contributed by atoms with van der Waals surface area (Å²) in [6.07, 6.45) is 3.10. The number of carbonyl (C=O) groups is 1. The zero-order valence-corrected chi connectivity index (χ0v) is 11.4. The number of carbonyl (C=O) groups excluding carboxylic acids is 1. The lowest BCUT2D eigenvalue weighted by Crippen LogP contribution is -2.11. The second-order valence-electron chi connectivity index (χ2n) is 3.32. The first-order valence-corrected chi connectivity index (χ1v) is 5.59. The highest BCUT2D eigenvalue weighted by Crippen LogP contribution is 2.25. The van der Waals surface area contributed by atoms with Gasteiger partial charge in [-0.2, -0.15) is 0 Å². The summed E-state index contributed by atoms with van der Waals surface area (Å²) in [7, 11) is 0. The summed E-state index contributed by atoms with van der Waals surface area (Å²) in [5.41, 5.74) is 1.08. The van der Waals surface area contributed by atoms with Gasteiger partial charge in [0.15, 0.2) is 0 Å². The highest BCUT2D eigenvalue weighted by atomic mass is 35.5. The van der Waals surface area contributed by atoms with E-state index < -0.39 is 0 Å². The van der Waals surface area contributed by atoms with Crippen LogP contribution in [0.2, 0.25) is 10.0 Å². The van der Waals surface area contributed by atoms with Crippen molar-refractivity contribution < 1.29 is 4.79 Å². The molecule has 1 amide bonds. The standard InChI is InChI=1S/C12H8Cl2N2O.ClH/c13-10-4-3-9(6-11(10)14)16-12(17)8-2-1-5-15-7-8;/h1-7H,(H,16,17);1H. The normalized spacial score (nSPS) is 9.44. The van der Waals surface area contributed by atoms with Gasteiger partial charge in [-0.1, -0.05) is 23.2 Å². The molecule has 1 heterocycles. The van der Waals surface area contributed by atoms with E-state index in [0.717, 1.165) is 0 Å². The Morgan fingerprint density at radius 3 is 2.56 bits per heavy atom. The average Bonchev–Trinajstić information content (AvgIpc) is 2.35. The van der Waals surface area contributed by atoms with Crippen LogP contribution in [-0.2, 0) is 0 Å². The molecule has 1 aromatic carbocycles. The third-order valence-electron chi connectivity index (χ3n) is 2.10. The Morgan fingerprint density at radius 2 is 1.94 bits per heavy atom. The summed E-state index contributed by atoms with van der Waals surface area (Å²) in [6, 6.07) is 8.28. The first-order valence-electron chi connectivity index (χ1n) is 4.83. The lowest BCUT2D eigenvalue weighted by molar-refractivity contribution is 0.102. The van der Waals surface area contributed by atoms with Gasteiger partial charge in [-0.05, 0) is 30.3 Å². The molecule has 0 saturated carbocycles. The van der Waals surface area contributed by atoms with Crippen molar-refractivity contribution in [2.75, 3.05) is 5.32 Å². The Balaban J connectivity index is 0.00000162. The Labute approximate surface area is 121 Å². The molecule has 0 aliphatic carbocycles. The van der Waals surface area contributed by atoms with Gasteiger partial charge >= 0.3 is 0 Å². The number of amides is 1. The van der Waals surface area contributed by atoms with Gasteiger partial charge in [-0.3, -0.25) is 9.78 Å². The predicted molar refractivity (Wildman–Crippen MR) is 75.9 cm³/mol. The largest absolute Gasteiger partial charge is 0.322 e. The molecule has 2 aromatic rings. The van der Waals surface area contributed by atoms with E-state index in [4.69, 9.17) is 23.2 Å². The number of rotatable bonds is 2. The van der Waals surface area contributed by atoms with E-state index in [1.807, 2.05) is 0 Å². The number of anilines is 1. The van der Waals surface area contributed by atoms with Crippen molar-refractivity contribution >= 4 is 47.2 Å². The fourth-order valence-electron chi connectivity index (χ4n) is 1.27. The fraction of sp³-hybridized carbons (Fsp3) is 0. The lowest BCUT2D eigenvalue weighted by Gasteiger charge is -2.05. The second-order valence-corrected chi connectivity index (χ2v) is 4.14. The van der Waals surface area contributed by atoms with E-state index >= 15 is 0 Å². The number of nitrogens with zero attached hydrogens (tertiary/aromatic N) is 1. The highest BCUT2D eigenvalue weighted by Gasteiger charge is 2.06. The van der Waals surface area contributed by atoms with Crippen LogP contribution in [0.5, 0.6) is 0 Å². The van der Waals surface area contributed by atoms with Crippen LogP contribution in [0.15, 0.2) is 42.7 Å². The predicted octanol–water partition coefficient (Wildman–Crippen LogP) is 4.06. The van der Waals surface area contributed by atoms with Crippen LogP contribution in [0.3, 0.4) is 0 Å². The molecule has 3 nitrogen and oxygen atoms in total. The van der Waals surface area contributed by atoms with Gasteiger partial charge in [-0.15, -0.1) is 12.4 Å². The number of benzene rings is 1. The molecule has 18 heavy (non-hydrogen) atoms. The molecule has 0 radical (unpaired) electrons. The van der Waals surface area contributed by atoms with Crippen molar-refractivity contribution in [2.45, 2.75) is 0 Å². The Bertz CT molecular complexity index is 546. The molecule has 6 heteroatoms. The van der Waals surface area contributed by atoms with Gasteiger partial charge in [0, 0.05) is 18.1 Å². The first kappa shape index (κ1) is 14.8. The minimum Gasteiger partial charge on any atom is -0.322 e. The first-order chi connectivity index (χ1) is 8.16. The smallest absolute Gasteiger partial charge is 0.257 e. The Kier molecular flexibility index (Phi) is 5.41. The third-order valence-corrected chi connectivity index (χ3v) is 2.84. The molecular weight excluding hydrogens is 295 g/mol. The molecule has 94 valence electrons. The maximum atomic E-state index is 11.8. The maximum Gasteiger partial charge on any atom is 0.257 e. The summed E-state index contributed by atoms with van der Waals surface area (Å²) in [5.74, 6) is -0.239. The topological polar surface area (TPSA) is 42.0 Å². The minimum atomic E-state index is -0.239. The molecule has 1 aromatic heterocycles. The van der Waals surface area contributed by atoms with Crippen LogP contribution in [-0.4, -0.2) is 10.9 Å². The number of aromatic nitrogens is 1. The number of hydrogen-bond donors (Lipinski definition) is 1.